The van der Waals surface area contributed by atoms with Crippen LogP contribution in [0, 0.1) is 0 Å². The van der Waals surface area contributed by atoms with E-state index in [2.05, 4.69) is 27.8 Å². The highest BCUT2D eigenvalue weighted by atomic mass is 79.9. The van der Waals surface area contributed by atoms with E-state index in [4.69, 9.17) is 4.74 Å². The summed E-state index contributed by atoms with van der Waals surface area (Å²) in [6.45, 7) is 2.65. The number of hydrogen-bond donors (Lipinski definition) is 0. The van der Waals surface area contributed by atoms with Gasteiger partial charge in [0.1, 0.15) is 11.2 Å². The van der Waals surface area contributed by atoms with E-state index in [9.17, 15) is 0 Å². The summed E-state index contributed by atoms with van der Waals surface area (Å²) in [6, 6.07) is 14.1. The number of nitrogens with zero attached hydrogens (tertiary/aromatic N) is 1. The molecule has 3 heteroatoms. The van der Waals surface area contributed by atoms with Crippen LogP contribution in [0.4, 0.5) is 0 Å². The monoisotopic (exact) mass is 291 g/mol. The zero-order valence-corrected chi connectivity index (χ0v) is 11.3. The molecule has 1 aromatic heterocycles. The van der Waals surface area contributed by atoms with Crippen LogP contribution in [0.25, 0.3) is 0 Å². The third-order valence-electron chi connectivity index (χ3n) is 2.50. The topological polar surface area (TPSA) is 22.1 Å². The summed E-state index contributed by atoms with van der Waals surface area (Å²) >= 11 is 3.36. The molecule has 1 aromatic carbocycles. The Morgan fingerprint density at radius 3 is 2.59 bits per heavy atom. The quantitative estimate of drug-likeness (QED) is 0.795. The highest BCUT2D eigenvalue weighted by Crippen LogP contribution is 2.20. The smallest absolute Gasteiger partial charge is 0.217 e. The van der Waals surface area contributed by atoms with Crippen LogP contribution in [-0.4, -0.2) is 4.98 Å². The van der Waals surface area contributed by atoms with Crippen molar-refractivity contribution in [3.63, 3.8) is 0 Å². The molecule has 2 aromatic rings. The first-order valence-corrected chi connectivity index (χ1v) is 6.41. The Balaban J connectivity index is 2.11. The molecule has 1 heterocycles. The van der Waals surface area contributed by atoms with Crippen molar-refractivity contribution in [3.05, 3.63) is 58.2 Å². The third-order valence-corrected chi connectivity index (χ3v) is 2.95. The van der Waals surface area contributed by atoms with Crippen LogP contribution < -0.4 is 4.74 Å². The van der Waals surface area contributed by atoms with Gasteiger partial charge in [0, 0.05) is 5.56 Å². The number of aryl methyl sites for hydroxylation is 1. The number of halogens is 1. The van der Waals surface area contributed by atoms with Crippen LogP contribution in [0.3, 0.4) is 0 Å². The maximum atomic E-state index is 5.75. The summed E-state index contributed by atoms with van der Waals surface area (Å²) in [5, 5.41) is 0. The molecule has 0 aliphatic heterocycles. The Kier molecular flexibility index (Phi) is 4.15. The summed E-state index contributed by atoms with van der Waals surface area (Å²) < 4.78 is 6.56. The normalized spacial score (nSPS) is 10.2. The van der Waals surface area contributed by atoms with Gasteiger partial charge in [-0.05, 0) is 34.0 Å². The molecule has 17 heavy (non-hydrogen) atoms. The van der Waals surface area contributed by atoms with Crippen molar-refractivity contribution in [2.75, 3.05) is 0 Å². The van der Waals surface area contributed by atoms with Gasteiger partial charge in [-0.2, -0.15) is 0 Å². The molecule has 0 bridgehead atoms. The van der Waals surface area contributed by atoms with Crippen molar-refractivity contribution < 1.29 is 4.74 Å². The average Bonchev–Trinajstić information content (AvgIpc) is 2.38. The fraction of sp³-hybridized carbons (Fsp3) is 0.214. The van der Waals surface area contributed by atoms with E-state index >= 15 is 0 Å². The van der Waals surface area contributed by atoms with Crippen molar-refractivity contribution in [2.24, 2.45) is 0 Å². The van der Waals surface area contributed by atoms with Gasteiger partial charge in [0.15, 0.2) is 0 Å². The lowest BCUT2D eigenvalue weighted by molar-refractivity contribution is 0.290. The standard InChI is InChI=1S/C14H14BrNO/c1-2-12-8-9-13(15)16-14(12)17-10-11-6-4-3-5-7-11/h3-9H,2,10H2,1H3. The fourth-order valence-electron chi connectivity index (χ4n) is 1.57. The highest BCUT2D eigenvalue weighted by molar-refractivity contribution is 9.10. The molecular formula is C14H14BrNO. The number of hydrogen-bond acceptors (Lipinski definition) is 2. The van der Waals surface area contributed by atoms with Crippen LogP contribution >= 0.6 is 15.9 Å². The Labute approximate surface area is 110 Å². The summed E-state index contributed by atoms with van der Waals surface area (Å²) in [5.74, 6) is 0.714. The van der Waals surface area contributed by atoms with Crippen molar-refractivity contribution in [2.45, 2.75) is 20.0 Å². The van der Waals surface area contributed by atoms with E-state index in [0.717, 1.165) is 22.2 Å². The van der Waals surface area contributed by atoms with Crippen molar-refractivity contribution in [1.29, 1.82) is 0 Å². The summed E-state index contributed by atoms with van der Waals surface area (Å²) in [7, 11) is 0. The summed E-state index contributed by atoms with van der Waals surface area (Å²) in [6.07, 6.45) is 0.921. The molecule has 0 unspecified atom stereocenters. The maximum Gasteiger partial charge on any atom is 0.217 e. The van der Waals surface area contributed by atoms with Crippen LogP contribution in [0.15, 0.2) is 47.1 Å². The van der Waals surface area contributed by atoms with Gasteiger partial charge in [-0.1, -0.05) is 43.3 Å². The molecule has 0 amide bonds. The number of rotatable bonds is 4. The summed E-state index contributed by atoms with van der Waals surface area (Å²) in [4.78, 5) is 4.35. The lowest BCUT2D eigenvalue weighted by atomic mass is 10.2. The second-order valence-corrected chi connectivity index (χ2v) is 4.54. The number of ether oxygens (including phenoxy) is 1. The first-order valence-electron chi connectivity index (χ1n) is 5.61. The van der Waals surface area contributed by atoms with Gasteiger partial charge in [-0.25, -0.2) is 4.98 Å². The predicted molar refractivity (Wildman–Crippen MR) is 72.1 cm³/mol. The van der Waals surface area contributed by atoms with E-state index in [1.54, 1.807) is 0 Å². The number of pyridine rings is 1. The molecule has 0 saturated carbocycles. The molecule has 0 aliphatic rings. The van der Waals surface area contributed by atoms with Crippen LogP contribution in [0.5, 0.6) is 5.88 Å². The molecule has 0 radical (unpaired) electrons. The first-order chi connectivity index (χ1) is 8.29. The van der Waals surface area contributed by atoms with Gasteiger partial charge in [-0.3, -0.25) is 0 Å². The van der Waals surface area contributed by atoms with E-state index in [0.29, 0.717) is 12.5 Å². The molecule has 2 nitrogen and oxygen atoms in total. The second kappa shape index (κ2) is 5.82. The molecule has 0 saturated heterocycles. The Bertz CT molecular complexity index is 485. The lowest BCUT2D eigenvalue weighted by Gasteiger charge is -2.09. The summed E-state index contributed by atoms with van der Waals surface area (Å²) in [5.41, 5.74) is 2.28. The van der Waals surface area contributed by atoms with E-state index < -0.39 is 0 Å². The molecule has 0 spiro atoms. The maximum absolute atomic E-state index is 5.75. The SMILES string of the molecule is CCc1ccc(Br)nc1OCc1ccccc1. The minimum absolute atomic E-state index is 0.553. The molecule has 0 fully saturated rings. The van der Waals surface area contributed by atoms with E-state index in [1.165, 1.54) is 0 Å². The zero-order chi connectivity index (χ0) is 12.1. The van der Waals surface area contributed by atoms with Gasteiger partial charge in [0.05, 0.1) is 0 Å². The van der Waals surface area contributed by atoms with Gasteiger partial charge in [0.2, 0.25) is 5.88 Å². The van der Waals surface area contributed by atoms with Crippen LogP contribution in [-0.2, 0) is 13.0 Å². The minimum atomic E-state index is 0.553. The zero-order valence-electron chi connectivity index (χ0n) is 9.69. The van der Waals surface area contributed by atoms with Crippen molar-refractivity contribution in [3.8, 4) is 5.88 Å². The average molecular weight is 292 g/mol. The second-order valence-electron chi connectivity index (χ2n) is 3.73. The van der Waals surface area contributed by atoms with Crippen molar-refractivity contribution >= 4 is 15.9 Å². The molecule has 0 aliphatic carbocycles. The van der Waals surface area contributed by atoms with Gasteiger partial charge in [0.25, 0.3) is 0 Å². The van der Waals surface area contributed by atoms with E-state index in [-0.39, 0.29) is 0 Å². The third kappa shape index (κ3) is 3.30. The van der Waals surface area contributed by atoms with Gasteiger partial charge < -0.3 is 4.74 Å². The largest absolute Gasteiger partial charge is 0.473 e. The van der Waals surface area contributed by atoms with E-state index in [1.807, 2.05) is 42.5 Å². The first kappa shape index (κ1) is 12.1. The highest BCUT2D eigenvalue weighted by Gasteiger charge is 2.04. The Hall–Kier alpha value is -1.35. The predicted octanol–water partition coefficient (Wildman–Crippen LogP) is 3.99. The number of aromatic nitrogens is 1. The van der Waals surface area contributed by atoms with Crippen molar-refractivity contribution in [1.82, 2.24) is 4.98 Å². The lowest BCUT2D eigenvalue weighted by Crippen LogP contribution is -2.00. The van der Waals surface area contributed by atoms with Crippen LogP contribution in [0.1, 0.15) is 18.1 Å². The Morgan fingerprint density at radius 1 is 1.12 bits per heavy atom. The van der Waals surface area contributed by atoms with Gasteiger partial charge >= 0.3 is 0 Å². The van der Waals surface area contributed by atoms with Crippen LogP contribution in [0.2, 0.25) is 0 Å². The van der Waals surface area contributed by atoms with Gasteiger partial charge in [-0.15, -0.1) is 0 Å². The number of benzene rings is 1. The molecule has 2 rings (SSSR count). The Morgan fingerprint density at radius 2 is 1.88 bits per heavy atom. The molecule has 88 valence electrons. The fourth-order valence-corrected chi connectivity index (χ4v) is 1.86. The molecule has 0 N–H and O–H groups in total. The molecule has 0 atom stereocenters. The molecular weight excluding hydrogens is 278 g/mol. The minimum Gasteiger partial charge on any atom is -0.473 e.